The lowest BCUT2D eigenvalue weighted by molar-refractivity contribution is 0.0534. The molecular weight excluding hydrogens is 434 g/mol. The van der Waals surface area contributed by atoms with Crippen molar-refractivity contribution in [3.05, 3.63) is 70.5 Å². The Labute approximate surface area is 197 Å². The number of tetrazole rings is 1. The van der Waals surface area contributed by atoms with Crippen molar-refractivity contribution in [2.75, 3.05) is 19.6 Å². The van der Waals surface area contributed by atoms with E-state index in [0.717, 1.165) is 48.3 Å². The minimum atomic E-state index is -0.631. The van der Waals surface area contributed by atoms with Gasteiger partial charge in [-0.15, -0.1) is 5.10 Å². The van der Waals surface area contributed by atoms with Gasteiger partial charge >= 0.3 is 5.97 Å². The van der Waals surface area contributed by atoms with Crippen LogP contribution in [0.2, 0.25) is 0 Å². The lowest BCUT2D eigenvalue weighted by Gasteiger charge is -2.33. The molecule has 0 unspecified atom stereocenters. The Hall–Kier alpha value is -3.43. The van der Waals surface area contributed by atoms with Crippen molar-refractivity contribution >= 4 is 11.8 Å². The highest BCUT2D eigenvalue weighted by Gasteiger charge is 2.28. The Balaban J connectivity index is 1.15. The lowest BCUT2D eigenvalue weighted by atomic mass is 9.89. The molecule has 0 aliphatic carbocycles. The van der Waals surface area contributed by atoms with Gasteiger partial charge in [-0.2, -0.15) is 0 Å². The van der Waals surface area contributed by atoms with Crippen LogP contribution in [0.4, 0.5) is 0 Å². The van der Waals surface area contributed by atoms with Gasteiger partial charge in [0, 0.05) is 24.1 Å². The predicted molar refractivity (Wildman–Crippen MR) is 123 cm³/mol. The molecule has 0 spiro atoms. The summed E-state index contributed by atoms with van der Waals surface area (Å²) in [4.78, 5) is 26.9. The number of piperidine rings is 1. The highest BCUT2D eigenvalue weighted by molar-refractivity contribution is 5.96. The first kappa shape index (κ1) is 22.4. The molecule has 0 radical (unpaired) electrons. The van der Waals surface area contributed by atoms with Crippen molar-refractivity contribution in [2.45, 2.75) is 38.9 Å². The van der Waals surface area contributed by atoms with E-state index in [4.69, 9.17) is 4.74 Å². The van der Waals surface area contributed by atoms with E-state index < -0.39 is 6.10 Å². The fourth-order valence-corrected chi connectivity index (χ4v) is 4.93. The number of ketones is 1. The molecule has 1 aromatic heterocycles. The van der Waals surface area contributed by atoms with Gasteiger partial charge in [-0.25, -0.2) is 9.48 Å². The van der Waals surface area contributed by atoms with E-state index in [9.17, 15) is 14.7 Å². The van der Waals surface area contributed by atoms with Crippen molar-refractivity contribution in [3.8, 4) is 5.69 Å². The fourth-order valence-electron chi connectivity index (χ4n) is 4.93. The fraction of sp³-hybridized carbons (Fsp3) is 0.400. The zero-order valence-corrected chi connectivity index (χ0v) is 19.1. The average molecular weight is 462 g/mol. The standard InChI is InChI=1S/C25H27N5O4/c1-16-20(5-6-21-22(16)14-34-25(21)33)24(32)13-29-9-7-17(8-10-29)11-23(31)18-3-2-4-19(12-18)30-15-26-27-28-30/h2-6,12,15,17,24,32H,7-11,13-14H2,1H3/t24-/m0/s1. The van der Waals surface area contributed by atoms with E-state index in [2.05, 4.69) is 20.4 Å². The van der Waals surface area contributed by atoms with Crippen LogP contribution >= 0.6 is 0 Å². The minimum Gasteiger partial charge on any atom is -0.457 e. The molecule has 5 rings (SSSR count). The number of hydrogen-bond acceptors (Lipinski definition) is 8. The van der Waals surface area contributed by atoms with Gasteiger partial charge in [0.05, 0.1) is 17.4 Å². The quantitative estimate of drug-likeness (QED) is 0.422. The summed E-state index contributed by atoms with van der Waals surface area (Å²) in [6.07, 6.45) is 3.21. The second-order valence-corrected chi connectivity index (χ2v) is 9.07. The molecule has 1 atom stereocenters. The van der Waals surface area contributed by atoms with Gasteiger partial charge < -0.3 is 14.7 Å². The Morgan fingerprint density at radius 3 is 2.82 bits per heavy atom. The Morgan fingerprint density at radius 1 is 1.24 bits per heavy atom. The van der Waals surface area contributed by atoms with Gasteiger partial charge in [0.25, 0.3) is 0 Å². The molecule has 9 heteroatoms. The summed E-state index contributed by atoms with van der Waals surface area (Å²) in [5.74, 6) is 0.152. The number of carbonyl (C=O) groups excluding carboxylic acids is 2. The number of ether oxygens (including phenoxy) is 1. The van der Waals surface area contributed by atoms with Gasteiger partial charge in [-0.05, 0) is 78.5 Å². The SMILES string of the molecule is Cc1c([C@@H](O)CN2CCC(CC(=O)c3cccc(-n4cnnn4)c3)CC2)ccc2c1COC2=O. The number of cyclic esters (lactones) is 1. The molecule has 2 aromatic carbocycles. The molecule has 34 heavy (non-hydrogen) atoms. The molecule has 3 aromatic rings. The van der Waals surface area contributed by atoms with Crippen LogP contribution in [0, 0.1) is 12.8 Å². The summed E-state index contributed by atoms with van der Waals surface area (Å²) in [5.41, 5.74) is 4.68. The molecule has 1 fully saturated rings. The maximum absolute atomic E-state index is 12.9. The third-order valence-corrected chi connectivity index (χ3v) is 6.96. The number of aliphatic hydroxyl groups excluding tert-OH is 1. The van der Waals surface area contributed by atoms with Crippen LogP contribution in [0.5, 0.6) is 0 Å². The first-order valence-corrected chi connectivity index (χ1v) is 11.6. The van der Waals surface area contributed by atoms with Gasteiger partial charge in [0.2, 0.25) is 0 Å². The predicted octanol–water partition coefficient (Wildman–Crippen LogP) is 2.66. The van der Waals surface area contributed by atoms with Gasteiger partial charge in [-0.1, -0.05) is 18.2 Å². The van der Waals surface area contributed by atoms with Crippen molar-refractivity contribution in [3.63, 3.8) is 0 Å². The second kappa shape index (κ2) is 9.44. The third kappa shape index (κ3) is 4.49. The second-order valence-electron chi connectivity index (χ2n) is 9.07. The number of benzene rings is 2. The summed E-state index contributed by atoms with van der Waals surface area (Å²) in [6, 6.07) is 10.9. The van der Waals surface area contributed by atoms with Crippen molar-refractivity contribution < 1.29 is 19.4 Å². The topological polar surface area (TPSA) is 110 Å². The Kier molecular flexibility index (Phi) is 6.21. The molecule has 2 aliphatic heterocycles. The molecule has 0 bridgehead atoms. The van der Waals surface area contributed by atoms with Crippen LogP contribution < -0.4 is 0 Å². The maximum atomic E-state index is 12.9. The molecular formula is C25H27N5O4. The highest BCUT2D eigenvalue weighted by Crippen LogP contribution is 2.30. The number of nitrogens with zero attached hydrogens (tertiary/aromatic N) is 5. The molecule has 1 N–H and O–H groups in total. The summed E-state index contributed by atoms with van der Waals surface area (Å²) < 4.78 is 6.66. The van der Waals surface area contributed by atoms with Crippen LogP contribution in [0.3, 0.4) is 0 Å². The number of hydrogen-bond donors (Lipinski definition) is 1. The van der Waals surface area contributed by atoms with E-state index >= 15 is 0 Å². The van der Waals surface area contributed by atoms with Gasteiger partial charge in [-0.3, -0.25) is 4.79 Å². The zero-order chi connectivity index (χ0) is 23.7. The van der Waals surface area contributed by atoms with Crippen molar-refractivity contribution in [2.24, 2.45) is 5.92 Å². The van der Waals surface area contributed by atoms with Crippen LogP contribution in [0.1, 0.15) is 62.8 Å². The normalized spacial score (nSPS) is 17.4. The number of carbonyl (C=O) groups is 2. The van der Waals surface area contributed by atoms with Crippen LogP contribution in [-0.4, -0.2) is 61.6 Å². The van der Waals surface area contributed by atoms with Gasteiger partial charge in [0.1, 0.15) is 12.9 Å². The van der Waals surface area contributed by atoms with E-state index in [1.807, 2.05) is 37.3 Å². The van der Waals surface area contributed by atoms with Crippen LogP contribution in [0.15, 0.2) is 42.7 Å². The summed E-state index contributed by atoms with van der Waals surface area (Å²) in [5, 5.41) is 22.0. The monoisotopic (exact) mass is 461 g/mol. The smallest absolute Gasteiger partial charge is 0.338 e. The van der Waals surface area contributed by atoms with Crippen LogP contribution in [-0.2, 0) is 11.3 Å². The number of aromatic nitrogens is 4. The number of aliphatic hydroxyl groups is 1. The molecule has 1 saturated heterocycles. The highest BCUT2D eigenvalue weighted by atomic mass is 16.5. The summed E-state index contributed by atoms with van der Waals surface area (Å²) in [6.45, 7) is 4.42. The van der Waals surface area contributed by atoms with Crippen molar-refractivity contribution in [1.82, 2.24) is 25.1 Å². The zero-order valence-electron chi connectivity index (χ0n) is 19.1. The third-order valence-electron chi connectivity index (χ3n) is 6.96. The van der Waals surface area contributed by atoms with E-state index in [0.29, 0.717) is 30.0 Å². The average Bonchev–Trinajstić information content (AvgIpc) is 3.51. The minimum absolute atomic E-state index is 0.124. The molecule has 0 saturated carbocycles. The number of fused-ring (bicyclic) bond motifs is 1. The van der Waals surface area contributed by atoms with E-state index in [-0.39, 0.29) is 18.4 Å². The molecule has 0 amide bonds. The Morgan fingerprint density at radius 2 is 2.06 bits per heavy atom. The van der Waals surface area contributed by atoms with Crippen molar-refractivity contribution in [1.29, 1.82) is 0 Å². The Bertz CT molecular complexity index is 1200. The summed E-state index contributed by atoms with van der Waals surface area (Å²) in [7, 11) is 0. The first-order valence-electron chi connectivity index (χ1n) is 11.6. The molecule has 9 nitrogen and oxygen atoms in total. The van der Waals surface area contributed by atoms with Gasteiger partial charge in [0.15, 0.2) is 5.78 Å². The molecule has 3 heterocycles. The van der Waals surface area contributed by atoms with E-state index in [1.54, 1.807) is 6.07 Å². The number of likely N-dealkylation sites (tertiary alicyclic amines) is 1. The maximum Gasteiger partial charge on any atom is 0.338 e. The largest absolute Gasteiger partial charge is 0.457 e. The van der Waals surface area contributed by atoms with E-state index in [1.165, 1.54) is 11.0 Å². The molecule has 2 aliphatic rings. The summed E-state index contributed by atoms with van der Waals surface area (Å²) >= 11 is 0. The number of β-amino-alcohol motifs (C(OH)–C–C–N with tert-alkyl or cyclic N) is 1. The number of rotatable bonds is 7. The number of esters is 1. The first-order chi connectivity index (χ1) is 16.5. The molecule has 176 valence electrons. The number of Topliss-reactive ketones (excluding diaryl/α,β-unsaturated/α-hetero) is 1. The van der Waals surface area contributed by atoms with Crippen LogP contribution in [0.25, 0.3) is 5.69 Å². The lowest BCUT2D eigenvalue weighted by Crippen LogP contribution is -2.37.